The van der Waals surface area contributed by atoms with Crippen LogP contribution in [0.1, 0.15) is 28.8 Å². The second-order valence-electron chi connectivity index (χ2n) is 4.25. The van der Waals surface area contributed by atoms with Crippen LogP contribution in [0.3, 0.4) is 0 Å². The van der Waals surface area contributed by atoms with Crippen molar-refractivity contribution < 1.29 is 17.2 Å². The third kappa shape index (κ3) is 3.06. The Bertz CT molecular complexity index is 341. The second kappa shape index (κ2) is 6.02. The van der Waals surface area contributed by atoms with Gasteiger partial charge in [0.25, 0.3) is 0 Å². The van der Waals surface area contributed by atoms with E-state index in [2.05, 4.69) is 5.32 Å². The molecule has 88 valence electrons. The maximum Gasteiger partial charge on any atom is 0.166 e. The number of carbonyl (C=O) groups is 1. The highest BCUT2D eigenvalue weighted by molar-refractivity contribution is 5.97. The number of aryl methyl sites for hydroxylation is 1. The Morgan fingerprint density at radius 2 is 1.75 bits per heavy atom. The summed E-state index contributed by atoms with van der Waals surface area (Å²) in [5.74, 6) is 0.547. The molecule has 1 aliphatic rings. The molecule has 1 aromatic rings. The highest BCUT2D eigenvalue weighted by Gasteiger charge is 2.21. The average Bonchev–Trinajstić information content (AvgIpc) is 2.30. The molecule has 0 amide bonds. The molecular weight excluding hydrogens is 222 g/mol. The van der Waals surface area contributed by atoms with Crippen molar-refractivity contribution >= 4 is 5.78 Å². The van der Waals surface area contributed by atoms with Gasteiger partial charge in [0.2, 0.25) is 0 Å². The molecule has 0 saturated carbocycles. The van der Waals surface area contributed by atoms with Crippen LogP contribution in [0, 0.1) is 12.8 Å². The summed E-state index contributed by atoms with van der Waals surface area (Å²) in [4.78, 5) is 12.1. The Morgan fingerprint density at radius 1 is 1.19 bits per heavy atom. The molecule has 1 aromatic carbocycles. The van der Waals surface area contributed by atoms with E-state index in [-0.39, 0.29) is 18.3 Å². The number of benzene rings is 1. The molecule has 0 atom stereocenters. The van der Waals surface area contributed by atoms with Crippen LogP contribution in [0.2, 0.25) is 0 Å². The number of piperidine rings is 1. The Kier molecular flexibility index (Phi) is 4.97. The zero-order valence-electron chi connectivity index (χ0n) is 9.50. The van der Waals surface area contributed by atoms with Crippen molar-refractivity contribution in [3.05, 3.63) is 35.4 Å². The summed E-state index contributed by atoms with van der Waals surface area (Å²) in [6, 6.07) is 7.90. The maximum atomic E-state index is 12.1. The molecular formula is C13H17ClNO-. The summed E-state index contributed by atoms with van der Waals surface area (Å²) >= 11 is 0. The molecule has 1 aliphatic heterocycles. The van der Waals surface area contributed by atoms with Crippen LogP contribution in [0.4, 0.5) is 0 Å². The molecule has 0 radical (unpaired) electrons. The van der Waals surface area contributed by atoms with Crippen molar-refractivity contribution in [3.8, 4) is 0 Å². The molecule has 1 fully saturated rings. The van der Waals surface area contributed by atoms with Crippen LogP contribution >= 0.6 is 0 Å². The van der Waals surface area contributed by atoms with Gasteiger partial charge >= 0.3 is 0 Å². The monoisotopic (exact) mass is 238 g/mol. The number of halogens is 1. The van der Waals surface area contributed by atoms with E-state index in [4.69, 9.17) is 0 Å². The van der Waals surface area contributed by atoms with Crippen molar-refractivity contribution in [1.82, 2.24) is 5.32 Å². The van der Waals surface area contributed by atoms with E-state index in [1.165, 1.54) is 5.56 Å². The van der Waals surface area contributed by atoms with Crippen LogP contribution in [0.15, 0.2) is 24.3 Å². The van der Waals surface area contributed by atoms with Crippen LogP contribution in [0.5, 0.6) is 0 Å². The number of carbonyl (C=O) groups excluding carboxylic acids is 1. The lowest BCUT2D eigenvalue weighted by Gasteiger charge is -2.21. The number of ketones is 1. The van der Waals surface area contributed by atoms with E-state index in [0.717, 1.165) is 31.5 Å². The van der Waals surface area contributed by atoms with Gasteiger partial charge in [0, 0.05) is 11.5 Å². The minimum absolute atomic E-state index is 0. The Hall–Kier alpha value is -0.860. The van der Waals surface area contributed by atoms with E-state index < -0.39 is 0 Å². The predicted octanol–water partition coefficient (Wildman–Crippen LogP) is -0.819. The summed E-state index contributed by atoms with van der Waals surface area (Å²) in [7, 11) is 0. The van der Waals surface area contributed by atoms with Gasteiger partial charge in [-0.25, -0.2) is 0 Å². The summed E-state index contributed by atoms with van der Waals surface area (Å²) < 4.78 is 0. The molecule has 0 aromatic heterocycles. The van der Waals surface area contributed by atoms with Crippen molar-refractivity contribution in [2.45, 2.75) is 19.8 Å². The second-order valence-corrected chi connectivity index (χ2v) is 4.25. The van der Waals surface area contributed by atoms with Crippen LogP contribution in [-0.2, 0) is 0 Å². The van der Waals surface area contributed by atoms with E-state index in [9.17, 15) is 4.79 Å². The average molecular weight is 239 g/mol. The lowest BCUT2D eigenvalue weighted by Crippen LogP contribution is -3.00. The molecule has 1 saturated heterocycles. The van der Waals surface area contributed by atoms with Crippen molar-refractivity contribution in [2.75, 3.05) is 13.1 Å². The zero-order valence-corrected chi connectivity index (χ0v) is 10.3. The van der Waals surface area contributed by atoms with E-state index >= 15 is 0 Å². The van der Waals surface area contributed by atoms with Gasteiger partial charge in [-0.15, -0.1) is 0 Å². The first-order valence-corrected chi connectivity index (χ1v) is 5.59. The molecule has 0 unspecified atom stereocenters. The summed E-state index contributed by atoms with van der Waals surface area (Å²) in [5.41, 5.74) is 2.07. The molecule has 1 N–H and O–H groups in total. The van der Waals surface area contributed by atoms with E-state index in [1.807, 2.05) is 31.2 Å². The third-order valence-electron chi connectivity index (χ3n) is 3.05. The highest BCUT2D eigenvalue weighted by atomic mass is 35.5. The Balaban J connectivity index is 0.00000128. The largest absolute Gasteiger partial charge is 1.00 e. The molecule has 2 nitrogen and oxygen atoms in total. The van der Waals surface area contributed by atoms with Crippen molar-refractivity contribution in [1.29, 1.82) is 0 Å². The van der Waals surface area contributed by atoms with Crippen molar-refractivity contribution in [3.63, 3.8) is 0 Å². The first-order valence-electron chi connectivity index (χ1n) is 5.59. The first-order chi connectivity index (χ1) is 7.27. The molecule has 16 heavy (non-hydrogen) atoms. The lowest BCUT2D eigenvalue weighted by molar-refractivity contribution is -0.0000112. The van der Waals surface area contributed by atoms with Gasteiger partial charge in [-0.1, -0.05) is 29.8 Å². The molecule has 2 rings (SSSR count). The van der Waals surface area contributed by atoms with Gasteiger partial charge in [-0.05, 0) is 32.9 Å². The number of nitrogens with one attached hydrogen (secondary N) is 1. The molecule has 3 heteroatoms. The predicted molar refractivity (Wildman–Crippen MR) is 61.1 cm³/mol. The Labute approximate surface area is 103 Å². The summed E-state index contributed by atoms with van der Waals surface area (Å²) in [6.07, 6.45) is 1.96. The van der Waals surface area contributed by atoms with Gasteiger partial charge in [0.05, 0.1) is 0 Å². The smallest absolute Gasteiger partial charge is 0.166 e. The maximum absolute atomic E-state index is 12.1. The van der Waals surface area contributed by atoms with Crippen molar-refractivity contribution in [2.24, 2.45) is 5.92 Å². The fraction of sp³-hybridized carbons (Fsp3) is 0.462. The fourth-order valence-corrected chi connectivity index (χ4v) is 2.04. The minimum atomic E-state index is 0. The van der Waals surface area contributed by atoms with Crippen LogP contribution < -0.4 is 17.7 Å². The standard InChI is InChI=1S/C13H17NO.ClH/c1-10-2-4-11(5-3-10)13(15)12-6-8-14-9-7-12;/h2-5,12,14H,6-9H2,1H3;1H/p-1. The Morgan fingerprint density at radius 3 is 2.31 bits per heavy atom. The normalized spacial score (nSPS) is 16.6. The first kappa shape index (κ1) is 13.2. The van der Waals surface area contributed by atoms with E-state index in [0.29, 0.717) is 5.78 Å². The SMILES string of the molecule is Cc1ccc(C(=O)C2CCNCC2)cc1.[Cl-]. The summed E-state index contributed by atoms with van der Waals surface area (Å²) in [6.45, 7) is 3.99. The number of Topliss-reactive ketones (excluding diaryl/α,β-unsaturated/α-hetero) is 1. The molecule has 1 heterocycles. The highest BCUT2D eigenvalue weighted by Crippen LogP contribution is 2.18. The van der Waals surface area contributed by atoms with Crippen LogP contribution in [-0.4, -0.2) is 18.9 Å². The number of rotatable bonds is 2. The quantitative estimate of drug-likeness (QED) is 0.683. The number of hydrogen-bond acceptors (Lipinski definition) is 2. The number of hydrogen-bond donors (Lipinski definition) is 1. The lowest BCUT2D eigenvalue weighted by atomic mass is 9.89. The van der Waals surface area contributed by atoms with Crippen LogP contribution in [0.25, 0.3) is 0 Å². The van der Waals surface area contributed by atoms with Gasteiger partial charge in [-0.3, -0.25) is 4.79 Å². The zero-order chi connectivity index (χ0) is 10.7. The third-order valence-corrected chi connectivity index (χ3v) is 3.05. The minimum Gasteiger partial charge on any atom is -1.00 e. The molecule has 0 bridgehead atoms. The summed E-state index contributed by atoms with van der Waals surface area (Å²) in [5, 5.41) is 3.28. The fourth-order valence-electron chi connectivity index (χ4n) is 2.04. The van der Waals surface area contributed by atoms with Gasteiger partial charge in [-0.2, -0.15) is 0 Å². The topological polar surface area (TPSA) is 29.1 Å². The molecule has 0 aliphatic carbocycles. The molecule has 0 spiro atoms. The van der Waals surface area contributed by atoms with E-state index in [1.54, 1.807) is 0 Å². The van der Waals surface area contributed by atoms with Gasteiger partial charge < -0.3 is 17.7 Å². The van der Waals surface area contributed by atoms with Gasteiger partial charge in [0.1, 0.15) is 0 Å². The van der Waals surface area contributed by atoms with Gasteiger partial charge in [0.15, 0.2) is 5.78 Å².